The van der Waals surface area contributed by atoms with E-state index in [1.54, 1.807) is 0 Å². The molecule has 3 nitrogen and oxygen atoms in total. The molecule has 0 aliphatic carbocycles. The molecular formula is C10H6F3NO2. The number of ketones is 1. The van der Waals surface area contributed by atoms with Crippen molar-refractivity contribution in [3.8, 4) is 11.8 Å². The first kappa shape index (κ1) is 12.0. The van der Waals surface area contributed by atoms with Crippen molar-refractivity contribution in [1.82, 2.24) is 0 Å². The molecule has 84 valence electrons. The molecule has 1 rings (SSSR count). The van der Waals surface area contributed by atoms with E-state index in [1.165, 1.54) is 19.1 Å². The minimum absolute atomic E-state index is 0.158. The number of benzene rings is 1. The average molecular weight is 229 g/mol. The second-order valence-electron chi connectivity index (χ2n) is 2.93. The van der Waals surface area contributed by atoms with E-state index in [0.717, 1.165) is 12.1 Å². The van der Waals surface area contributed by atoms with E-state index in [4.69, 9.17) is 5.26 Å². The Morgan fingerprint density at radius 3 is 2.50 bits per heavy atom. The molecule has 1 aromatic carbocycles. The number of hydrogen-bond donors (Lipinski definition) is 0. The average Bonchev–Trinajstić information content (AvgIpc) is 2.15. The third kappa shape index (κ3) is 2.98. The monoisotopic (exact) mass is 229 g/mol. The van der Waals surface area contributed by atoms with Crippen LogP contribution in [0.15, 0.2) is 18.2 Å². The van der Waals surface area contributed by atoms with Gasteiger partial charge in [0.15, 0.2) is 5.78 Å². The Labute approximate surface area is 89.1 Å². The zero-order valence-electron chi connectivity index (χ0n) is 8.13. The molecule has 0 radical (unpaired) electrons. The van der Waals surface area contributed by atoms with Crippen molar-refractivity contribution in [2.24, 2.45) is 0 Å². The van der Waals surface area contributed by atoms with Gasteiger partial charge >= 0.3 is 6.36 Å². The minimum atomic E-state index is -4.86. The van der Waals surface area contributed by atoms with Crippen LogP contribution in [0.25, 0.3) is 0 Å². The summed E-state index contributed by atoms with van der Waals surface area (Å²) in [5, 5.41) is 8.61. The van der Waals surface area contributed by atoms with Gasteiger partial charge in [0.05, 0.1) is 5.56 Å². The fourth-order valence-electron chi connectivity index (χ4n) is 1.05. The lowest BCUT2D eigenvalue weighted by atomic mass is 10.1. The third-order valence-corrected chi connectivity index (χ3v) is 1.73. The maximum absolute atomic E-state index is 11.9. The molecule has 0 heterocycles. The van der Waals surface area contributed by atoms with Crippen LogP contribution in [-0.4, -0.2) is 12.1 Å². The van der Waals surface area contributed by atoms with Crippen LogP contribution in [0.1, 0.15) is 22.8 Å². The predicted molar refractivity (Wildman–Crippen MR) is 47.8 cm³/mol. The Balaban J connectivity index is 3.14. The number of carbonyl (C=O) groups excluding carboxylic acids is 1. The molecule has 0 aliphatic rings. The van der Waals surface area contributed by atoms with E-state index in [1.807, 2.05) is 0 Å². The van der Waals surface area contributed by atoms with Gasteiger partial charge in [0.25, 0.3) is 0 Å². The van der Waals surface area contributed by atoms with Gasteiger partial charge in [-0.1, -0.05) is 0 Å². The molecule has 0 saturated heterocycles. The molecule has 0 bridgehead atoms. The SMILES string of the molecule is CC(=O)c1ccc(OC(F)(F)F)c(C#N)c1. The zero-order valence-corrected chi connectivity index (χ0v) is 8.13. The van der Waals surface area contributed by atoms with Crippen LogP contribution in [0.3, 0.4) is 0 Å². The summed E-state index contributed by atoms with van der Waals surface area (Å²) < 4.78 is 39.4. The number of carbonyl (C=O) groups is 1. The lowest BCUT2D eigenvalue weighted by Gasteiger charge is -2.10. The van der Waals surface area contributed by atoms with Gasteiger partial charge in [-0.15, -0.1) is 13.2 Å². The Morgan fingerprint density at radius 2 is 2.06 bits per heavy atom. The predicted octanol–water partition coefficient (Wildman–Crippen LogP) is 2.66. The first-order chi connectivity index (χ1) is 7.33. The highest BCUT2D eigenvalue weighted by Gasteiger charge is 2.32. The minimum Gasteiger partial charge on any atom is -0.404 e. The van der Waals surface area contributed by atoms with Crippen molar-refractivity contribution in [2.45, 2.75) is 13.3 Å². The molecule has 0 amide bonds. The quantitative estimate of drug-likeness (QED) is 0.732. The van der Waals surface area contributed by atoms with Crippen molar-refractivity contribution >= 4 is 5.78 Å². The highest BCUT2D eigenvalue weighted by atomic mass is 19.4. The standard InChI is InChI=1S/C10H6F3NO2/c1-6(15)7-2-3-9(8(4-7)5-14)16-10(11,12)13/h2-4H,1H3. The third-order valence-electron chi connectivity index (χ3n) is 1.73. The maximum atomic E-state index is 11.9. The summed E-state index contributed by atoms with van der Waals surface area (Å²) in [6.45, 7) is 1.25. The van der Waals surface area contributed by atoms with Crippen molar-refractivity contribution in [3.05, 3.63) is 29.3 Å². The summed E-state index contributed by atoms with van der Waals surface area (Å²) in [6.07, 6.45) is -4.86. The number of rotatable bonds is 2. The first-order valence-corrected chi connectivity index (χ1v) is 4.14. The number of ether oxygens (including phenoxy) is 1. The van der Waals surface area contributed by atoms with Crippen LogP contribution in [-0.2, 0) is 0 Å². The summed E-state index contributed by atoms with van der Waals surface area (Å²) >= 11 is 0. The largest absolute Gasteiger partial charge is 0.573 e. The second kappa shape index (κ2) is 4.23. The normalized spacial score (nSPS) is 10.7. The highest BCUT2D eigenvalue weighted by molar-refractivity contribution is 5.94. The molecule has 0 spiro atoms. The topological polar surface area (TPSA) is 50.1 Å². The second-order valence-corrected chi connectivity index (χ2v) is 2.93. The van der Waals surface area contributed by atoms with E-state index in [2.05, 4.69) is 4.74 Å². The summed E-state index contributed by atoms with van der Waals surface area (Å²) in [5.74, 6) is -0.949. The Kier molecular flexibility index (Phi) is 3.18. The van der Waals surface area contributed by atoms with Gasteiger partial charge in [-0.2, -0.15) is 5.26 Å². The van der Waals surface area contributed by atoms with Gasteiger partial charge in [0, 0.05) is 5.56 Å². The van der Waals surface area contributed by atoms with Crippen molar-refractivity contribution in [3.63, 3.8) is 0 Å². The smallest absolute Gasteiger partial charge is 0.404 e. The molecule has 0 saturated carbocycles. The molecular weight excluding hydrogens is 223 g/mol. The molecule has 0 N–H and O–H groups in total. The van der Waals surface area contributed by atoms with E-state index in [-0.39, 0.29) is 16.9 Å². The molecule has 16 heavy (non-hydrogen) atoms. The number of nitriles is 1. The lowest BCUT2D eigenvalue weighted by molar-refractivity contribution is -0.274. The molecule has 0 unspecified atom stereocenters. The van der Waals surface area contributed by atoms with Crippen LogP contribution < -0.4 is 4.74 Å². The molecule has 6 heteroatoms. The summed E-state index contributed by atoms with van der Waals surface area (Å²) in [6, 6.07) is 4.71. The molecule has 0 atom stereocenters. The van der Waals surface area contributed by atoms with Crippen molar-refractivity contribution < 1.29 is 22.7 Å². The lowest BCUT2D eigenvalue weighted by Crippen LogP contribution is -2.18. The van der Waals surface area contributed by atoms with Crippen LogP contribution in [0, 0.1) is 11.3 Å². The molecule has 0 aliphatic heterocycles. The van der Waals surface area contributed by atoms with Gasteiger partial charge in [-0.25, -0.2) is 0 Å². The maximum Gasteiger partial charge on any atom is 0.573 e. The van der Waals surface area contributed by atoms with Crippen LogP contribution in [0.4, 0.5) is 13.2 Å². The Bertz CT molecular complexity index is 460. The number of Topliss-reactive ketones (excluding diaryl/α,β-unsaturated/α-hetero) is 1. The van der Waals surface area contributed by atoms with Gasteiger partial charge < -0.3 is 4.74 Å². The van der Waals surface area contributed by atoms with Crippen LogP contribution >= 0.6 is 0 Å². The zero-order chi connectivity index (χ0) is 12.3. The van der Waals surface area contributed by atoms with Gasteiger partial charge in [-0.05, 0) is 25.1 Å². The van der Waals surface area contributed by atoms with Gasteiger partial charge in [-0.3, -0.25) is 4.79 Å². The first-order valence-electron chi connectivity index (χ1n) is 4.14. The number of hydrogen-bond acceptors (Lipinski definition) is 3. The molecule has 0 aromatic heterocycles. The fraction of sp³-hybridized carbons (Fsp3) is 0.200. The van der Waals surface area contributed by atoms with Crippen LogP contribution in [0.5, 0.6) is 5.75 Å². The van der Waals surface area contributed by atoms with E-state index in [0.29, 0.717) is 0 Å². The number of alkyl halides is 3. The number of halogens is 3. The summed E-state index contributed by atoms with van der Waals surface area (Å²) in [7, 11) is 0. The van der Waals surface area contributed by atoms with Crippen molar-refractivity contribution in [1.29, 1.82) is 5.26 Å². The van der Waals surface area contributed by atoms with Gasteiger partial charge in [0.2, 0.25) is 0 Å². The molecule has 1 aromatic rings. The van der Waals surface area contributed by atoms with E-state index < -0.39 is 12.1 Å². The highest BCUT2D eigenvalue weighted by Crippen LogP contribution is 2.26. The van der Waals surface area contributed by atoms with E-state index in [9.17, 15) is 18.0 Å². The summed E-state index contributed by atoms with van der Waals surface area (Å²) in [4.78, 5) is 10.9. The Morgan fingerprint density at radius 1 is 1.44 bits per heavy atom. The van der Waals surface area contributed by atoms with Crippen molar-refractivity contribution in [2.75, 3.05) is 0 Å². The number of nitrogens with zero attached hydrogens (tertiary/aromatic N) is 1. The fourth-order valence-corrected chi connectivity index (χ4v) is 1.05. The van der Waals surface area contributed by atoms with E-state index >= 15 is 0 Å². The summed E-state index contributed by atoms with van der Waals surface area (Å²) in [5.41, 5.74) is -0.170. The van der Waals surface area contributed by atoms with Crippen LogP contribution in [0.2, 0.25) is 0 Å². The molecule has 0 fully saturated rings. The van der Waals surface area contributed by atoms with Gasteiger partial charge in [0.1, 0.15) is 11.8 Å². The Hall–Kier alpha value is -2.03.